The zero-order valence-corrected chi connectivity index (χ0v) is 13.8. The second-order valence-corrected chi connectivity index (χ2v) is 7.39. The molecule has 2 heterocycles. The molecule has 0 aliphatic carbocycles. The molecule has 2 aromatic rings. The van der Waals surface area contributed by atoms with Crippen LogP contribution in [0.15, 0.2) is 21.3 Å². The van der Waals surface area contributed by atoms with E-state index in [9.17, 15) is 4.79 Å². The number of thiophene rings is 1. The molecule has 0 radical (unpaired) electrons. The third kappa shape index (κ3) is 3.62. The number of nitrogens with zero attached hydrogens (tertiary/aromatic N) is 1. The molecule has 3 N–H and O–H groups in total. The summed E-state index contributed by atoms with van der Waals surface area (Å²) in [6, 6.07) is 2.00. The van der Waals surface area contributed by atoms with Gasteiger partial charge in [-0.05, 0) is 35.8 Å². The summed E-state index contributed by atoms with van der Waals surface area (Å²) >= 11 is 6.47. The molecular weight excluding hydrogens is 346 g/mol. The molecule has 19 heavy (non-hydrogen) atoms. The van der Waals surface area contributed by atoms with E-state index in [0.29, 0.717) is 12.2 Å². The second-order valence-electron chi connectivity index (χ2n) is 4.71. The van der Waals surface area contributed by atoms with Gasteiger partial charge in [-0.15, -0.1) is 22.7 Å². The molecule has 0 unspecified atom stereocenters. The monoisotopic (exact) mass is 359 g/mol. The first-order valence-corrected chi connectivity index (χ1v) is 8.19. The van der Waals surface area contributed by atoms with E-state index in [1.807, 2.05) is 25.3 Å². The Balaban J connectivity index is 2.15. The molecule has 0 saturated carbocycles. The standard InChI is InChI=1S/C12H14BrN3OS2/c1-12(2,6-14)16-10(17)8-5-19-11(15-8)9-3-7(13)4-18-9/h3-5H,6,14H2,1-2H3,(H,16,17). The van der Waals surface area contributed by atoms with E-state index in [4.69, 9.17) is 5.73 Å². The lowest BCUT2D eigenvalue weighted by atomic mass is 10.1. The van der Waals surface area contributed by atoms with Crippen LogP contribution >= 0.6 is 38.6 Å². The number of nitrogens with two attached hydrogens (primary N) is 1. The fourth-order valence-corrected chi connectivity index (χ4v) is 3.65. The van der Waals surface area contributed by atoms with Gasteiger partial charge in [0.2, 0.25) is 0 Å². The lowest BCUT2D eigenvalue weighted by Gasteiger charge is -2.23. The summed E-state index contributed by atoms with van der Waals surface area (Å²) < 4.78 is 1.03. The Kier molecular flexibility index (Phi) is 4.39. The van der Waals surface area contributed by atoms with Crippen LogP contribution in [0.3, 0.4) is 0 Å². The minimum atomic E-state index is -0.424. The number of rotatable bonds is 4. The van der Waals surface area contributed by atoms with Crippen molar-refractivity contribution in [3.63, 3.8) is 0 Å². The third-order valence-electron chi connectivity index (χ3n) is 2.48. The summed E-state index contributed by atoms with van der Waals surface area (Å²) in [6.07, 6.45) is 0. The highest BCUT2D eigenvalue weighted by Crippen LogP contribution is 2.31. The Hall–Kier alpha value is -0.760. The molecule has 1 amide bonds. The average molecular weight is 360 g/mol. The van der Waals surface area contributed by atoms with Crippen molar-refractivity contribution in [2.24, 2.45) is 5.73 Å². The zero-order valence-electron chi connectivity index (χ0n) is 10.6. The molecule has 4 nitrogen and oxygen atoms in total. The van der Waals surface area contributed by atoms with Gasteiger partial charge in [0.1, 0.15) is 10.7 Å². The molecule has 0 saturated heterocycles. The maximum atomic E-state index is 12.0. The minimum Gasteiger partial charge on any atom is -0.345 e. The Bertz CT molecular complexity index is 591. The molecule has 0 fully saturated rings. The van der Waals surface area contributed by atoms with Crippen molar-refractivity contribution in [3.05, 3.63) is 27.0 Å². The quantitative estimate of drug-likeness (QED) is 0.880. The molecule has 0 aliphatic rings. The van der Waals surface area contributed by atoms with Gasteiger partial charge in [0.25, 0.3) is 5.91 Å². The SMILES string of the molecule is CC(C)(CN)NC(=O)c1csc(-c2cc(Br)cs2)n1. The van der Waals surface area contributed by atoms with Crippen LogP contribution in [0.2, 0.25) is 0 Å². The zero-order chi connectivity index (χ0) is 14.0. The van der Waals surface area contributed by atoms with Crippen molar-refractivity contribution >= 4 is 44.5 Å². The Labute approximate surface area is 128 Å². The van der Waals surface area contributed by atoms with Gasteiger partial charge in [-0.3, -0.25) is 4.79 Å². The molecule has 102 valence electrons. The van der Waals surface area contributed by atoms with Crippen LogP contribution in [0.4, 0.5) is 0 Å². The Morgan fingerprint density at radius 1 is 1.47 bits per heavy atom. The van der Waals surface area contributed by atoms with Crippen LogP contribution in [0.25, 0.3) is 9.88 Å². The highest BCUT2D eigenvalue weighted by molar-refractivity contribution is 9.10. The number of aromatic nitrogens is 1. The summed E-state index contributed by atoms with van der Waals surface area (Å²) in [5.41, 5.74) is 5.61. The lowest BCUT2D eigenvalue weighted by molar-refractivity contribution is 0.0911. The van der Waals surface area contributed by atoms with E-state index in [1.165, 1.54) is 11.3 Å². The van der Waals surface area contributed by atoms with Gasteiger partial charge in [0, 0.05) is 27.3 Å². The molecule has 0 aliphatic heterocycles. The van der Waals surface area contributed by atoms with Crippen molar-refractivity contribution in [3.8, 4) is 9.88 Å². The molecule has 0 spiro atoms. The maximum Gasteiger partial charge on any atom is 0.271 e. The van der Waals surface area contributed by atoms with Crippen molar-refractivity contribution < 1.29 is 4.79 Å². The largest absolute Gasteiger partial charge is 0.345 e. The van der Waals surface area contributed by atoms with Gasteiger partial charge >= 0.3 is 0 Å². The summed E-state index contributed by atoms with van der Waals surface area (Å²) in [4.78, 5) is 17.5. The minimum absolute atomic E-state index is 0.187. The van der Waals surface area contributed by atoms with Crippen molar-refractivity contribution in [1.29, 1.82) is 0 Å². The van der Waals surface area contributed by atoms with Gasteiger partial charge in [-0.25, -0.2) is 4.98 Å². The van der Waals surface area contributed by atoms with Crippen LogP contribution < -0.4 is 11.1 Å². The first-order chi connectivity index (χ1) is 8.91. The smallest absolute Gasteiger partial charge is 0.271 e. The van der Waals surface area contributed by atoms with E-state index >= 15 is 0 Å². The average Bonchev–Trinajstić information content (AvgIpc) is 2.96. The predicted molar refractivity (Wildman–Crippen MR) is 83.7 cm³/mol. The third-order valence-corrected chi connectivity index (χ3v) is 5.18. The highest BCUT2D eigenvalue weighted by Gasteiger charge is 2.21. The van der Waals surface area contributed by atoms with Crippen LogP contribution in [0, 0.1) is 0 Å². The number of amides is 1. The number of nitrogens with one attached hydrogen (secondary N) is 1. The van der Waals surface area contributed by atoms with E-state index < -0.39 is 5.54 Å². The summed E-state index contributed by atoms with van der Waals surface area (Å²) in [7, 11) is 0. The van der Waals surface area contributed by atoms with Crippen molar-refractivity contribution in [2.45, 2.75) is 19.4 Å². The van der Waals surface area contributed by atoms with E-state index in [1.54, 1.807) is 16.7 Å². The van der Waals surface area contributed by atoms with E-state index in [2.05, 4.69) is 26.2 Å². The number of halogens is 1. The maximum absolute atomic E-state index is 12.0. The summed E-state index contributed by atoms with van der Waals surface area (Å²) in [6.45, 7) is 4.15. The van der Waals surface area contributed by atoms with Crippen LogP contribution in [-0.4, -0.2) is 23.0 Å². The predicted octanol–water partition coefficient (Wildman–Crippen LogP) is 3.10. The molecule has 0 atom stereocenters. The van der Waals surface area contributed by atoms with Crippen molar-refractivity contribution in [2.75, 3.05) is 6.54 Å². The van der Waals surface area contributed by atoms with Gasteiger partial charge in [0.15, 0.2) is 0 Å². The van der Waals surface area contributed by atoms with Gasteiger partial charge < -0.3 is 11.1 Å². The number of carbonyl (C=O) groups excluding carboxylic acids is 1. The van der Waals surface area contributed by atoms with Gasteiger partial charge in [-0.1, -0.05) is 0 Å². The van der Waals surface area contributed by atoms with Gasteiger partial charge in [0.05, 0.1) is 4.88 Å². The number of carbonyl (C=O) groups is 1. The fraction of sp³-hybridized carbons (Fsp3) is 0.333. The van der Waals surface area contributed by atoms with Crippen LogP contribution in [-0.2, 0) is 0 Å². The normalized spacial score (nSPS) is 11.6. The van der Waals surface area contributed by atoms with Crippen LogP contribution in [0.5, 0.6) is 0 Å². The van der Waals surface area contributed by atoms with E-state index in [0.717, 1.165) is 14.4 Å². The molecule has 2 rings (SSSR count). The topological polar surface area (TPSA) is 68.0 Å². The number of hydrogen-bond acceptors (Lipinski definition) is 5. The molecule has 2 aromatic heterocycles. The van der Waals surface area contributed by atoms with Crippen molar-refractivity contribution in [1.82, 2.24) is 10.3 Å². The molecule has 7 heteroatoms. The second kappa shape index (κ2) is 5.70. The summed E-state index contributed by atoms with van der Waals surface area (Å²) in [5.74, 6) is -0.187. The highest BCUT2D eigenvalue weighted by atomic mass is 79.9. The first kappa shape index (κ1) is 14.6. The Morgan fingerprint density at radius 2 is 2.21 bits per heavy atom. The number of thiazole rings is 1. The molecule has 0 aromatic carbocycles. The van der Waals surface area contributed by atoms with E-state index in [-0.39, 0.29) is 5.91 Å². The summed E-state index contributed by atoms with van der Waals surface area (Å²) in [5, 5.41) is 7.48. The van der Waals surface area contributed by atoms with Crippen LogP contribution in [0.1, 0.15) is 24.3 Å². The fourth-order valence-electron chi connectivity index (χ4n) is 1.34. The molecular formula is C12H14BrN3OS2. The lowest BCUT2D eigenvalue weighted by Crippen LogP contribution is -2.48. The molecule has 0 bridgehead atoms. The van der Waals surface area contributed by atoms with Gasteiger partial charge in [-0.2, -0.15) is 0 Å². The number of hydrogen-bond donors (Lipinski definition) is 2. The Morgan fingerprint density at radius 3 is 2.79 bits per heavy atom. The first-order valence-electron chi connectivity index (χ1n) is 5.64.